The van der Waals surface area contributed by atoms with Crippen LogP contribution in [0, 0.1) is 6.92 Å². The van der Waals surface area contributed by atoms with Gasteiger partial charge in [0.05, 0.1) is 0 Å². The van der Waals surface area contributed by atoms with Crippen LogP contribution in [0.25, 0.3) is 72.3 Å². The Bertz CT molecular complexity index is 3280. The van der Waals surface area contributed by atoms with Gasteiger partial charge in [0.25, 0.3) is 0 Å². The van der Waals surface area contributed by atoms with Crippen molar-refractivity contribution in [2.24, 2.45) is 0 Å². The van der Waals surface area contributed by atoms with Gasteiger partial charge in [0.2, 0.25) is 0 Å². The first-order valence-electron chi connectivity index (χ1n) is 23.6. The van der Waals surface area contributed by atoms with Crippen LogP contribution in [0.4, 0.5) is 17.1 Å². The summed E-state index contributed by atoms with van der Waals surface area (Å²) in [4.78, 5) is 2.40. The predicted molar refractivity (Wildman–Crippen MR) is 286 cm³/mol. The number of hydrogen-bond donors (Lipinski definition) is 0. The fourth-order valence-corrected chi connectivity index (χ4v) is 10.3. The van der Waals surface area contributed by atoms with Crippen LogP contribution in [0.3, 0.4) is 0 Å². The minimum absolute atomic E-state index is 0.225. The highest BCUT2D eigenvalue weighted by molar-refractivity contribution is 5.93. The molecule has 9 aromatic rings. The lowest BCUT2D eigenvalue weighted by Crippen LogP contribution is -2.16. The van der Waals surface area contributed by atoms with Crippen molar-refractivity contribution in [1.29, 1.82) is 0 Å². The first kappa shape index (κ1) is 41.7. The van der Waals surface area contributed by atoms with Crippen molar-refractivity contribution >= 4 is 22.6 Å². The van der Waals surface area contributed by atoms with Gasteiger partial charge in [-0.2, -0.15) is 0 Å². The van der Waals surface area contributed by atoms with Crippen molar-refractivity contribution in [1.82, 2.24) is 0 Å². The van der Waals surface area contributed by atoms with E-state index in [2.05, 4.69) is 263 Å². The summed E-state index contributed by atoms with van der Waals surface area (Å²) in [7, 11) is 0. The molecule has 2 aliphatic carbocycles. The van der Waals surface area contributed by atoms with Crippen molar-refractivity contribution in [3.05, 3.63) is 265 Å². The second-order valence-corrected chi connectivity index (χ2v) is 18.6. The lowest BCUT2D eigenvalue weighted by molar-refractivity contribution is 0.660. The summed E-state index contributed by atoms with van der Waals surface area (Å²) < 4.78 is 0. The first-order valence-corrected chi connectivity index (χ1v) is 23.6. The van der Waals surface area contributed by atoms with Crippen LogP contribution >= 0.6 is 0 Å². The SMILES string of the molecule is C=C(C1=CCCC=C1)c1cc(-c2cccc(-c3ccc4c(c3)C(C)(C)c3cc(N(c5ccc(-c6ccccc6)cc5)c5ccc(-c6ccccc6)cc5)ccc3-4)c2)ccc1-c1ccccc1C. The zero-order valence-corrected chi connectivity index (χ0v) is 38.5. The molecule has 1 nitrogen and oxygen atoms in total. The van der Waals surface area contributed by atoms with Gasteiger partial charge in [-0.3, -0.25) is 0 Å². The zero-order chi connectivity index (χ0) is 45.5. The Morgan fingerprint density at radius 2 is 0.896 bits per heavy atom. The Balaban J connectivity index is 0.940. The summed E-state index contributed by atoms with van der Waals surface area (Å²) in [5, 5.41) is 0. The van der Waals surface area contributed by atoms with Crippen LogP contribution < -0.4 is 4.90 Å². The van der Waals surface area contributed by atoms with Crippen LogP contribution in [0.15, 0.2) is 243 Å². The van der Waals surface area contributed by atoms with Crippen LogP contribution in [0.2, 0.25) is 0 Å². The quantitative estimate of drug-likeness (QED) is 0.132. The van der Waals surface area contributed by atoms with Crippen molar-refractivity contribution in [3.8, 4) is 66.8 Å². The van der Waals surface area contributed by atoms with Gasteiger partial charge < -0.3 is 4.90 Å². The van der Waals surface area contributed by atoms with E-state index in [0.717, 1.165) is 35.5 Å². The Kier molecular flexibility index (Phi) is 10.8. The topological polar surface area (TPSA) is 3.24 Å². The van der Waals surface area contributed by atoms with Crippen LogP contribution in [-0.2, 0) is 5.41 Å². The molecule has 0 spiro atoms. The summed E-state index contributed by atoms with van der Waals surface area (Å²) in [6.07, 6.45) is 8.96. The second kappa shape index (κ2) is 17.4. The van der Waals surface area contributed by atoms with Crippen molar-refractivity contribution in [2.75, 3.05) is 4.90 Å². The van der Waals surface area contributed by atoms with Gasteiger partial charge in [-0.1, -0.05) is 196 Å². The molecular weight excluding hydrogens is 807 g/mol. The van der Waals surface area contributed by atoms with Crippen molar-refractivity contribution in [2.45, 2.75) is 39.0 Å². The summed E-state index contributed by atoms with van der Waals surface area (Å²) in [5.41, 5.74) is 25.3. The second-order valence-electron chi connectivity index (χ2n) is 18.6. The van der Waals surface area contributed by atoms with Crippen molar-refractivity contribution < 1.29 is 0 Å². The molecule has 0 saturated heterocycles. The van der Waals surface area contributed by atoms with E-state index in [-0.39, 0.29) is 5.41 Å². The number of benzene rings is 9. The lowest BCUT2D eigenvalue weighted by Gasteiger charge is -2.28. The van der Waals surface area contributed by atoms with Gasteiger partial charge in [-0.25, -0.2) is 0 Å². The summed E-state index contributed by atoms with van der Waals surface area (Å²) in [6, 6.07) is 78.0. The summed E-state index contributed by atoms with van der Waals surface area (Å²) >= 11 is 0. The highest BCUT2D eigenvalue weighted by Crippen LogP contribution is 2.52. The third kappa shape index (κ3) is 7.87. The third-order valence-corrected chi connectivity index (χ3v) is 14.0. The maximum atomic E-state index is 4.68. The zero-order valence-electron chi connectivity index (χ0n) is 38.5. The van der Waals surface area contributed by atoms with Gasteiger partial charge in [-0.15, -0.1) is 0 Å². The monoisotopic (exact) mass is 859 g/mol. The Morgan fingerprint density at radius 3 is 1.49 bits per heavy atom. The smallest absolute Gasteiger partial charge is 0.0465 e. The molecular formula is C66H53N. The number of hydrogen-bond acceptors (Lipinski definition) is 1. The molecule has 0 unspecified atom stereocenters. The molecule has 322 valence electrons. The van der Waals surface area contributed by atoms with Gasteiger partial charge in [0.1, 0.15) is 0 Å². The van der Waals surface area contributed by atoms with E-state index in [9.17, 15) is 0 Å². The Hall–Kier alpha value is -8.00. The maximum absolute atomic E-state index is 4.68. The van der Waals surface area contributed by atoms with Gasteiger partial charge in [0.15, 0.2) is 0 Å². The molecule has 0 heterocycles. The van der Waals surface area contributed by atoms with Crippen LogP contribution in [0.5, 0.6) is 0 Å². The molecule has 1 heteroatoms. The molecule has 9 aromatic carbocycles. The number of aryl methyl sites for hydroxylation is 1. The molecule has 67 heavy (non-hydrogen) atoms. The fraction of sp³-hybridized carbons (Fsp3) is 0.0909. The molecule has 0 aromatic heterocycles. The van der Waals surface area contributed by atoms with Gasteiger partial charge >= 0.3 is 0 Å². The molecule has 0 radical (unpaired) electrons. The normalized spacial score (nSPS) is 13.4. The minimum Gasteiger partial charge on any atom is -0.310 e. The van der Waals surface area contributed by atoms with E-state index in [1.807, 2.05) is 0 Å². The number of rotatable bonds is 10. The van der Waals surface area contributed by atoms with Crippen LogP contribution in [-0.4, -0.2) is 0 Å². The predicted octanol–water partition coefficient (Wildman–Crippen LogP) is 18.4. The average molecular weight is 860 g/mol. The highest BCUT2D eigenvalue weighted by Gasteiger charge is 2.36. The number of nitrogens with zero attached hydrogens (tertiary/aromatic N) is 1. The first-order chi connectivity index (χ1) is 32.8. The molecule has 0 N–H and O–H groups in total. The summed E-state index contributed by atoms with van der Waals surface area (Å²) in [6.45, 7) is 11.6. The maximum Gasteiger partial charge on any atom is 0.0465 e. The fourth-order valence-electron chi connectivity index (χ4n) is 10.3. The van der Waals surface area contributed by atoms with Crippen molar-refractivity contribution in [3.63, 3.8) is 0 Å². The number of fused-ring (bicyclic) bond motifs is 3. The van der Waals surface area contributed by atoms with E-state index < -0.39 is 0 Å². The molecule has 2 aliphatic rings. The van der Waals surface area contributed by atoms with E-state index in [1.165, 1.54) is 94.6 Å². The van der Waals surface area contributed by atoms with E-state index >= 15 is 0 Å². The molecule has 0 saturated carbocycles. The molecule has 11 rings (SSSR count). The van der Waals surface area contributed by atoms with E-state index in [1.54, 1.807) is 0 Å². The Labute approximate surface area is 396 Å². The Morgan fingerprint density at radius 1 is 0.418 bits per heavy atom. The summed E-state index contributed by atoms with van der Waals surface area (Å²) in [5.74, 6) is 0. The number of anilines is 3. The van der Waals surface area contributed by atoms with Gasteiger partial charge in [-0.05, 0) is 175 Å². The lowest BCUT2D eigenvalue weighted by atomic mass is 9.81. The van der Waals surface area contributed by atoms with Crippen LogP contribution in [0.1, 0.15) is 48.9 Å². The standard InChI is InChI=1S/C66H53N/c1-45-17-14-15-26-59(45)60-38-31-54(42-63(60)46(2)47-18-8-5-9-19-47)52-24-16-25-53(41-52)55-32-39-61-62-40-37-58(44-65(62)66(3,4)64(61)43-55)67(56-33-27-50(28-34-56)48-20-10-6-11-21-48)57-35-29-51(30-36-57)49-22-12-7-13-23-49/h6-8,10-44H,2,5,9H2,1,3-4H3. The average Bonchev–Trinajstić information content (AvgIpc) is 3.62. The highest BCUT2D eigenvalue weighted by atomic mass is 15.1. The molecule has 0 atom stereocenters. The minimum atomic E-state index is -0.225. The van der Waals surface area contributed by atoms with Gasteiger partial charge in [0, 0.05) is 22.5 Å². The molecule has 0 aliphatic heterocycles. The largest absolute Gasteiger partial charge is 0.310 e. The number of allylic oxidation sites excluding steroid dienone is 5. The van der Waals surface area contributed by atoms with E-state index in [0.29, 0.717) is 0 Å². The molecule has 0 bridgehead atoms. The molecule has 0 amide bonds. The van der Waals surface area contributed by atoms with E-state index in [4.69, 9.17) is 0 Å². The third-order valence-electron chi connectivity index (χ3n) is 14.0. The molecule has 0 fully saturated rings.